The molecule has 0 heterocycles. The number of nitrogens with zero attached hydrogens (tertiary/aromatic N) is 1. The van der Waals surface area contributed by atoms with Gasteiger partial charge in [0.15, 0.2) is 0 Å². The van der Waals surface area contributed by atoms with Crippen molar-refractivity contribution in [2.45, 2.75) is 45.4 Å². The Labute approximate surface area is 69.4 Å². The fourth-order valence-electron chi connectivity index (χ4n) is 1.99. The molecule has 0 N–H and O–H groups in total. The summed E-state index contributed by atoms with van der Waals surface area (Å²) in [5, 5.41) is 8.58. The van der Waals surface area contributed by atoms with Gasteiger partial charge in [0.25, 0.3) is 0 Å². The van der Waals surface area contributed by atoms with Crippen LogP contribution in [0.1, 0.15) is 45.4 Å². The lowest BCUT2D eigenvalue weighted by molar-refractivity contribution is 0.344. The van der Waals surface area contributed by atoms with Crippen molar-refractivity contribution in [3.63, 3.8) is 0 Å². The summed E-state index contributed by atoms with van der Waals surface area (Å²) in [6.45, 7) is 2.30. The van der Waals surface area contributed by atoms with Gasteiger partial charge in [0.1, 0.15) is 0 Å². The van der Waals surface area contributed by atoms with E-state index in [2.05, 4.69) is 13.0 Å². The molecule has 1 aliphatic rings. The lowest BCUT2D eigenvalue weighted by Crippen LogP contribution is -2.08. The highest BCUT2D eigenvalue weighted by Gasteiger charge is 2.18. The summed E-state index contributed by atoms with van der Waals surface area (Å²) < 4.78 is 0. The summed E-state index contributed by atoms with van der Waals surface area (Å²) in [5.41, 5.74) is 0. The fraction of sp³-hybridized carbons (Fsp3) is 0.900. The Morgan fingerprint density at radius 3 is 2.73 bits per heavy atom. The van der Waals surface area contributed by atoms with E-state index in [4.69, 9.17) is 5.26 Å². The Balaban J connectivity index is 2.40. The van der Waals surface area contributed by atoms with E-state index in [1.54, 1.807) is 0 Å². The smallest absolute Gasteiger partial charge is 0.0624 e. The van der Waals surface area contributed by atoms with E-state index in [0.29, 0.717) is 5.92 Å². The molecule has 2 atom stereocenters. The maximum absolute atomic E-state index is 8.58. The molecule has 0 spiro atoms. The first kappa shape index (κ1) is 8.59. The topological polar surface area (TPSA) is 23.8 Å². The first-order valence-corrected chi connectivity index (χ1v) is 4.71. The largest absolute Gasteiger partial charge is 0.198 e. The second kappa shape index (κ2) is 4.38. The Hall–Kier alpha value is -0.510. The van der Waals surface area contributed by atoms with Gasteiger partial charge in [0, 0.05) is 6.42 Å². The van der Waals surface area contributed by atoms with E-state index < -0.39 is 0 Å². The van der Waals surface area contributed by atoms with Gasteiger partial charge in [0.05, 0.1) is 6.07 Å². The number of hydrogen-bond donors (Lipinski definition) is 0. The van der Waals surface area contributed by atoms with Crippen LogP contribution in [0.15, 0.2) is 0 Å². The van der Waals surface area contributed by atoms with Gasteiger partial charge < -0.3 is 0 Å². The minimum Gasteiger partial charge on any atom is -0.198 e. The van der Waals surface area contributed by atoms with Gasteiger partial charge in [-0.2, -0.15) is 5.26 Å². The van der Waals surface area contributed by atoms with Crippen LogP contribution in [0.2, 0.25) is 0 Å². The molecule has 0 aromatic heterocycles. The van der Waals surface area contributed by atoms with E-state index in [0.717, 1.165) is 12.3 Å². The molecule has 1 heteroatoms. The fourth-order valence-corrected chi connectivity index (χ4v) is 1.99. The molecule has 2 unspecified atom stereocenters. The molecule has 1 rings (SSSR count). The summed E-state index contributed by atoms with van der Waals surface area (Å²) >= 11 is 0. The van der Waals surface area contributed by atoms with Crippen molar-refractivity contribution in [3.05, 3.63) is 0 Å². The zero-order chi connectivity index (χ0) is 8.10. The van der Waals surface area contributed by atoms with Crippen molar-refractivity contribution in [2.75, 3.05) is 0 Å². The molecule has 0 radical (unpaired) electrons. The summed E-state index contributed by atoms with van der Waals surface area (Å²) in [5.74, 6) is 1.49. The maximum atomic E-state index is 8.58. The molecule has 0 bridgehead atoms. The Kier molecular flexibility index (Phi) is 3.42. The monoisotopic (exact) mass is 151 g/mol. The van der Waals surface area contributed by atoms with Crippen LogP contribution in [0.5, 0.6) is 0 Å². The van der Waals surface area contributed by atoms with Crippen LogP contribution in [0.25, 0.3) is 0 Å². The van der Waals surface area contributed by atoms with E-state index in [-0.39, 0.29) is 0 Å². The Morgan fingerprint density at radius 2 is 2.00 bits per heavy atom. The zero-order valence-corrected chi connectivity index (χ0v) is 7.34. The third-order valence-electron chi connectivity index (χ3n) is 2.89. The third-order valence-corrected chi connectivity index (χ3v) is 2.89. The molecule has 1 nitrogen and oxygen atoms in total. The SMILES string of the molecule is CC1CCCCCC1CC#N. The van der Waals surface area contributed by atoms with Gasteiger partial charge in [-0.05, 0) is 18.3 Å². The van der Waals surface area contributed by atoms with Gasteiger partial charge in [-0.3, -0.25) is 0 Å². The highest BCUT2D eigenvalue weighted by atomic mass is 14.3. The molecule has 11 heavy (non-hydrogen) atoms. The second-order valence-electron chi connectivity index (χ2n) is 3.74. The summed E-state index contributed by atoms with van der Waals surface area (Å²) in [6, 6.07) is 2.30. The Bertz CT molecular complexity index is 145. The normalized spacial score (nSPS) is 32.4. The van der Waals surface area contributed by atoms with Crippen LogP contribution in [0.3, 0.4) is 0 Å². The van der Waals surface area contributed by atoms with E-state index >= 15 is 0 Å². The highest BCUT2D eigenvalue weighted by molar-refractivity contribution is 4.80. The predicted octanol–water partition coefficient (Wildman–Crippen LogP) is 3.12. The first-order valence-electron chi connectivity index (χ1n) is 4.71. The summed E-state index contributed by atoms with van der Waals surface area (Å²) in [6.07, 6.45) is 7.51. The van der Waals surface area contributed by atoms with Crippen LogP contribution in [-0.2, 0) is 0 Å². The molecule has 1 saturated carbocycles. The third kappa shape index (κ3) is 2.54. The predicted molar refractivity (Wildman–Crippen MR) is 46.0 cm³/mol. The van der Waals surface area contributed by atoms with E-state index in [1.807, 2.05) is 0 Å². The van der Waals surface area contributed by atoms with Crippen molar-refractivity contribution in [1.29, 1.82) is 5.26 Å². The van der Waals surface area contributed by atoms with Gasteiger partial charge in [-0.1, -0.05) is 32.6 Å². The number of rotatable bonds is 1. The van der Waals surface area contributed by atoms with Crippen molar-refractivity contribution < 1.29 is 0 Å². The van der Waals surface area contributed by atoms with Crippen LogP contribution >= 0.6 is 0 Å². The van der Waals surface area contributed by atoms with Crippen molar-refractivity contribution in [2.24, 2.45) is 11.8 Å². The molecule has 0 aromatic rings. The molecule has 62 valence electrons. The number of hydrogen-bond acceptors (Lipinski definition) is 1. The Morgan fingerprint density at radius 1 is 1.27 bits per heavy atom. The quantitative estimate of drug-likeness (QED) is 0.528. The van der Waals surface area contributed by atoms with Crippen molar-refractivity contribution in [3.8, 4) is 6.07 Å². The number of nitriles is 1. The van der Waals surface area contributed by atoms with Crippen LogP contribution in [0.4, 0.5) is 0 Å². The summed E-state index contributed by atoms with van der Waals surface area (Å²) in [7, 11) is 0. The van der Waals surface area contributed by atoms with Crippen molar-refractivity contribution in [1.82, 2.24) is 0 Å². The maximum Gasteiger partial charge on any atom is 0.0624 e. The second-order valence-corrected chi connectivity index (χ2v) is 3.74. The van der Waals surface area contributed by atoms with Gasteiger partial charge in [0.2, 0.25) is 0 Å². The van der Waals surface area contributed by atoms with Crippen LogP contribution < -0.4 is 0 Å². The minimum absolute atomic E-state index is 0.697. The van der Waals surface area contributed by atoms with Gasteiger partial charge in [-0.25, -0.2) is 0 Å². The summed E-state index contributed by atoms with van der Waals surface area (Å²) in [4.78, 5) is 0. The molecule has 0 saturated heterocycles. The van der Waals surface area contributed by atoms with Crippen LogP contribution in [-0.4, -0.2) is 0 Å². The van der Waals surface area contributed by atoms with Gasteiger partial charge in [-0.15, -0.1) is 0 Å². The lowest BCUT2D eigenvalue weighted by atomic mass is 9.87. The lowest BCUT2D eigenvalue weighted by Gasteiger charge is -2.17. The first-order chi connectivity index (χ1) is 5.34. The average molecular weight is 151 g/mol. The molecular weight excluding hydrogens is 134 g/mol. The molecule has 0 amide bonds. The molecule has 1 fully saturated rings. The average Bonchev–Trinajstić information content (AvgIpc) is 2.18. The van der Waals surface area contributed by atoms with Gasteiger partial charge >= 0.3 is 0 Å². The standard InChI is InChI=1S/C10H17N/c1-9-5-3-2-4-6-10(9)7-8-11/h9-10H,2-7H2,1H3. The van der Waals surface area contributed by atoms with E-state index in [9.17, 15) is 0 Å². The minimum atomic E-state index is 0.697. The van der Waals surface area contributed by atoms with E-state index in [1.165, 1.54) is 32.1 Å². The van der Waals surface area contributed by atoms with Crippen LogP contribution in [0, 0.1) is 23.2 Å². The zero-order valence-electron chi connectivity index (χ0n) is 7.34. The highest BCUT2D eigenvalue weighted by Crippen LogP contribution is 2.30. The molecular formula is C10H17N. The molecule has 0 aromatic carbocycles. The molecule has 1 aliphatic carbocycles. The molecule has 0 aliphatic heterocycles. The van der Waals surface area contributed by atoms with Crippen molar-refractivity contribution >= 4 is 0 Å².